The Morgan fingerprint density at radius 3 is 1.63 bits per heavy atom. The van der Waals surface area contributed by atoms with Gasteiger partial charge >= 0.3 is 0 Å². The van der Waals surface area contributed by atoms with Gasteiger partial charge in [-0.15, -0.1) is 0 Å². The van der Waals surface area contributed by atoms with E-state index in [0.717, 1.165) is 19.4 Å². The van der Waals surface area contributed by atoms with E-state index in [4.69, 9.17) is 4.74 Å². The number of aryl methyl sites for hydroxylation is 4. The topological polar surface area (TPSA) is 14.2 Å². The van der Waals surface area contributed by atoms with Crippen LogP contribution in [-0.4, -0.2) is 16.8 Å². The third-order valence-corrected chi connectivity index (χ3v) is 8.97. The molecule has 0 aliphatic rings. The number of fused-ring (bicyclic) bond motifs is 3. The maximum absolute atomic E-state index is 5.81. The van der Waals surface area contributed by atoms with Crippen molar-refractivity contribution in [3.8, 4) is 27.9 Å². The molecule has 1 heterocycles. The van der Waals surface area contributed by atoms with E-state index in [2.05, 4.69) is 199 Å². The van der Waals surface area contributed by atoms with Crippen LogP contribution in [0.25, 0.3) is 49.7 Å². The highest BCUT2D eigenvalue weighted by molar-refractivity contribution is 6.09. The first-order valence-electron chi connectivity index (χ1n) is 18.5. The van der Waals surface area contributed by atoms with E-state index in [9.17, 15) is 0 Å². The summed E-state index contributed by atoms with van der Waals surface area (Å²) in [6.45, 7) is 17.9. The average Bonchev–Trinajstić information content (AvgIpc) is 3.46. The van der Waals surface area contributed by atoms with E-state index in [1.165, 1.54) is 78.4 Å². The van der Waals surface area contributed by atoms with Crippen molar-refractivity contribution >= 4 is 21.8 Å². The van der Waals surface area contributed by atoms with Crippen LogP contribution in [0.3, 0.4) is 0 Å². The molecule has 2 nitrogen and oxygen atoms in total. The van der Waals surface area contributed by atoms with Gasteiger partial charge in [0, 0.05) is 23.1 Å². The molecule has 0 radical (unpaired) electrons. The van der Waals surface area contributed by atoms with Crippen molar-refractivity contribution in [3.05, 3.63) is 162 Å². The summed E-state index contributed by atoms with van der Waals surface area (Å²) in [6, 6.07) is 50.2. The lowest BCUT2D eigenvalue weighted by molar-refractivity contribution is -0.00384. The molecule has 262 valence electrons. The summed E-state index contributed by atoms with van der Waals surface area (Å²) in [7, 11) is 0. The van der Waals surface area contributed by atoms with Gasteiger partial charge in [0.25, 0.3) is 0 Å². The highest BCUT2D eigenvalue weighted by Crippen LogP contribution is 2.33. The molecule has 0 N–H and O–H groups in total. The second kappa shape index (κ2) is 17.3. The van der Waals surface area contributed by atoms with E-state index in [0.29, 0.717) is 0 Å². The van der Waals surface area contributed by atoms with E-state index in [-0.39, 0.29) is 5.60 Å². The molecule has 2 heteroatoms. The summed E-state index contributed by atoms with van der Waals surface area (Å²) in [5.41, 5.74) is 14.2. The largest absolute Gasteiger partial charge is 0.376 e. The van der Waals surface area contributed by atoms with Crippen molar-refractivity contribution in [3.63, 3.8) is 0 Å². The highest BCUT2D eigenvalue weighted by atomic mass is 16.5. The van der Waals surface area contributed by atoms with E-state index >= 15 is 0 Å². The molecule has 1 aromatic heterocycles. The lowest BCUT2D eigenvalue weighted by atomic mass is 9.94. The Bertz CT molecular complexity index is 2090. The summed E-state index contributed by atoms with van der Waals surface area (Å²) in [6.07, 6.45) is 3.38. The number of hydrogen-bond acceptors (Lipinski definition) is 1. The van der Waals surface area contributed by atoms with Crippen molar-refractivity contribution in [1.29, 1.82) is 0 Å². The summed E-state index contributed by atoms with van der Waals surface area (Å²) >= 11 is 0. The maximum atomic E-state index is 5.81. The smallest absolute Gasteiger partial charge is 0.0598 e. The van der Waals surface area contributed by atoms with E-state index in [1.807, 2.05) is 0 Å². The predicted octanol–water partition coefficient (Wildman–Crippen LogP) is 13.9. The molecule has 7 aromatic rings. The second-order valence-electron chi connectivity index (χ2n) is 14.5. The first-order chi connectivity index (χ1) is 24.6. The van der Waals surface area contributed by atoms with Crippen LogP contribution in [0.1, 0.15) is 69.7 Å². The summed E-state index contributed by atoms with van der Waals surface area (Å²) in [5, 5.41) is 2.59. The minimum atomic E-state index is -0.0421. The van der Waals surface area contributed by atoms with Gasteiger partial charge in [0.2, 0.25) is 0 Å². The van der Waals surface area contributed by atoms with Gasteiger partial charge in [-0.2, -0.15) is 0 Å². The van der Waals surface area contributed by atoms with Crippen LogP contribution in [0, 0.1) is 20.8 Å². The van der Waals surface area contributed by atoms with Crippen molar-refractivity contribution < 1.29 is 4.74 Å². The molecule has 0 atom stereocenters. The molecule has 7 rings (SSSR count). The Hall–Kier alpha value is -4.92. The van der Waals surface area contributed by atoms with Crippen LogP contribution in [0.4, 0.5) is 0 Å². The maximum Gasteiger partial charge on any atom is 0.0598 e. The fraction of sp³-hybridized carbons (Fsp3) is 0.265. The number of ether oxygens (including phenoxy) is 1. The van der Waals surface area contributed by atoms with Gasteiger partial charge in [-0.25, -0.2) is 0 Å². The SMILES string of the molecule is CCC.Cc1ccc(-c2ccc(-n3c4ccccc4c4ccccc43)cc2)cc1.Cc1ccccc1-c1cc(CCCOC(C)(C)C)ccc1C. The average molecular weight is 674 g/mol. The zero-order chi connectivity index (χ0) is 36.4. The minimum Gasteiger partial charge on any atom is -0.376 e. The normalized spacial score (nSPS) is 11.1. The monoisotopic (exact) mass is 673 g/mol. The number of nitrogens with zero attached hydrogens (tertiary/aromatic N) is 1. The molecule has 0 amide bonds. The lowest BCUT2D eigenvalue weighted by Crippen LogP contribution is -2.19. The van der Waals surface area contributed by atoms with Crippen molar-refractivity contribution in [2.24, 2.45) is 0 Å². The molecule has 51 heavy (non-hydrogen) atoms. The molecule has 0 bridgehead atoms. The van der Waals surface area contributed by atoms with Gasteiger partial charge in [0.1, 0.15) is 0 Å². The fourth-order valence-corrected chi connectivity index (χ4v) is 6.39. The number of hydrogen-bond donors (Lipinski definition) is 0. The van der Waals surface area contributed by atoms with Crippen LogP contribution >= 0.6 is 0 Å². The fourth-order valence-electron chi connectivity index (χ4n) is 6.39. The number of para-hydroxylation sites is 2. The van der Waals surface area contributed by atoms with Crippen molar-refractivity contribution in [2.75, 3.05) is 6.61 Å². The molecule has 0 spiro atoms. The zero-order valence-electron chi connectivity index (χ0n) is 32.0. The second-order valence-corrected chi connectivity index (χ2v) is 14.5. The summed E-state index contributed by atoms with van der Waals surface area (Å²) in [4.78, 5) is 0. The zero-order valence-corrected chi connectivity index (χ0v) is 32.0. The summed E-state index contributed by atoms with van der Waals surface area (Å²) in [5.74, 6) is 0. The highest BCUT2D eigenvalue weighted by Gasteiger charge is 2.12. The van der Waals surface area contributed by atoms with Gasteiger partial charge in [0.05, 0.1) is 16.6 Å². The number of rotatable bonds is 7. The molecular formula is C49H55NO. The first-order valence-corrected chi connectivity index (χ1v) is 18.5. The lowest BCUT2D eigenvalue weighted by Gasteiger charge is -2.19. The van der Waals surface area contributed by atoms with Crippen LogP contribution in [0.2, 0.25) is 0 Å². The van der Waals surface area contributed by atoms with Crippen molar-refractivity contribution in [1.82, 2.24) is 4.57 Å². The Morgan fingerprint density at radius 2 is 1.06 bits per heavy atom. The minimum absolute atomic E-state index is 0.0421. The number of aromatic nitrogens is 1. The molecule has 0 aliphatic heterocycles. The third kappa shape index (κ3) is 9.66. The van der Waals surface area contributed by atoms with Crippen LogP contribution < -0.4 is 0 Å². The molecule has 0 fully saturated rings. The molecule has 0 unspecified atom stereocenters. The molecule has 0 saturated carbocycles. The third-order valence-electron chi connectivity index (χ3n) is 8.97. The van der Waals surface area contributed by atoms with Crippen LogP contribution in [0.15, 0.2) is 140 Å². The van der Waals surface area contributed by atoms with Gasteiger partial charge in [-0.1, -0.05) is 141 Å². The molecule has 0 saturated heterocycles. The van der Waals surface area contributed by atoms with Crippen LogP contribution in [-0.2, 0) is 11.2 Å². The van der Waals surface area contributed by atoms with Gasteiger partial charge < -0.3 is 9.30 Å². The van der Waals surface area contributed by atoms with Gasteiger partial charge in [0.15, 0.2) is 0 Å². The Kier molecular flexibility index (Phi) is 12.7. The Morgan fingerprint density at radius 1 is 0.549 bits per heavy atom. The molecular weight excluding hydrogens is 619 g/mol. The predicted molar refractivity (Wildman–Crippen MR) is 222 cm³/mol. The Labute approximate surface area is 306 Å². The quantitative estimate of drug-likeness (QED) is 0.154. The standard InChI is InChI=1S/C25H19N.C21H28O.C3H8/c1-18-10-12-19(13-11-18)20-14-16-21(17-15-20)26-24-8-4-2-6-22(24)23-7-3-5-9-25(23)26;1-16-9-6-7-11-19(16)20-15-18(13-12-17(20)2)10-8-14-22-21(3,4)5;1-3-2/h2-17H,1H3;6-7,9,11-13,15H,8,10,14H2,1-5H3;3H2,1-2H3. The van der Waals surface area contributed by atoms with E-state index < -0.39 is 0 Å². The molecule has 0 aliphatic carbocycles. The molecule has 6 aromatic carbocycles. The Balaban J connectivity index is 0.000000187. The first kappa shape index (κ1) is 37.3. The van der Waals surface area contributed by atoms with E-state index in [1.54, 1.807) is 0 Å². The van der Waals surface area contributed by atoms with Gasteiger partial charge in [-0.3, -0.25) is 0 Å². The van der Waals surface area contributed by atoms with Crippen molar-refractivity contribution in [2.45, 2.75) is 80.3 Å². The summed E-state index contributed by atoms with van der Waals surface area (Å²) < 4.78 is 8.16. The van der Waals surface area contributed by atoms with Gasteiger partial charge in [-0.05, 0) is 118 Å². The number of benzene rings is 6. The van der Waals surface area contributed by atoms with Crippen LogP contribution in [0.5, 0.6) is 0 Å².